The third kappa shape index (κ3) is 7.68. The first-order valence-electron chi connectivity index (χ1n) is 5.68. The molecule has 0 saturated heterocycles. The SMILES string of the molecule is CCCC(NC(C)CCSCC)C(=O)O. The molecule has 4 heteroatoms. The molecule has 15 heavy (non-hydrogen) atoms. The Labute approximate surface area is 97.0 Å². The van der Waals surface area contributed by atoms with Crippen LogP contribution in [-0.2, 0) is 4.79 Å². The second-order valence-corrected chi connectivity index (χ2v) is 5.13. The molecule has 2 N–H and O–H groups in total. The highest BCUT2D eigenvalue weighted by Crippen LogP contribution is 2.06. The summed E-state index contributed by atoms with van der Waals surface area (Å²) in [6.07, 6.45) is 2.65. The van der Waals surface area contributed by atoms with Gasteiger partial charge in [-0.3, -0.25) is 4.79 Å². The van der Waals surface area contributed by atoms with Crippen molar-refractivity contribution in [2.24, 2.45) is 0 Å². The number of hydrogen-bond acceptors (Lipinski definition) is 3. The van der Waals surface area contributed by atoms with E-state index in [0.717, 1.165) is 24.3 Å². The third-order valence-corrected chi connectivity index (χ3v) is 3.19. The van der Waals surface area contributed by atoms with Crippen LogP contribution in [0.25, 0.3) is 0 Å². The lowest BCUT2D eigenvalue weighted by molar-refractivity contribution is -0.139. The maximum absolute atomic E-state index is 10.9. The van der Waals surface area contributed by atoms with Gasteiger partial charge in [-0.25, -0.2) is 0 Å². The van der Waals surface area contributed by atoms with Crippen LogP contribution in [0.5, 0.6) is 0 Å². The summed E-state index contributed by atoms with van der Waals surface area (Å²) in [6.45, 7) is 6.21. The van der Waals surface area contributed by atoms with Gasteiger partial charge in [-0.1, -0.05) is 20.3 Å². The van der Waals surface area contributed by atoms with Crippen LogP contribution >= 0.6 is 11.8 Å². The van der Waals surface area contributed by atoms with Gasteiger partial charge in [0, 0.05) is 6.04 Å². The molecule has 0 saturated carbocycles. The Hall–Kier alpha value is -0.220. The highest BCUT2D eigenvalue weighted by Gasteiger charge is 2.17. The molecular formula is C11H23NO2S. The molecule has 0 aliphatic rings. The molecule has 0 aliphatic carbocycles. The average molecular weight is 233 g/mol. The van der Waals surface area contributed by atoms with E-state index in [1.54, 1.807) is 0 Å². The van der Waals surface area contributed by atoms with Crippen LogP contribution in [0, 0.1) is 0 Å². The number of hydrogen-bond donors (Lipinski definition) is 2. The van der Waals surface area contributed by atoms with Crippen molar-refractivity contribution >= 4 is 17.7 Å². The van der Waals surface area contributed by atoms with Gasteiger partial charge in [0.15, 0.2) is 0 Å². The van der Waals surface area contributed by atoms with Crippen LogP contribution in [0.3, 0.4) is 0 Å². The first kappa shape index (κ1) is 14.8. The molecule has 0 spiro atoms. The van der Waals surface area contributed by atoms with E-state index in [4.69, 9.17) is 5.11 Å². The van der Waals surface area contributed by atoms with Crippen LogP contribution in [0.4, 0.5) is 0 Å². The number of aliphatic carboxylic acids is 1. The smallest absolute Gasteiger partial charge is 0.320 e. The molecule has 0 amide bonds. The number of thioether (sulfide) groups is 1. The fourth-order valence-corrected chi connectivity index (χ4v) is 2.21. The van der Waals surface area contributed by atoms with E-state index >= 15 is 0 Å². The normalized spacial score (nSPS) is 14.9. The molecule has 0 radical (unpaired) electrons. The topological polar surface area (TPSA) is 49.3 Å². The predicted octanol–water partition coefficient (Wildman–Crippen LogP) is 2.36. The van der Waals surface area contributed by atoms with Gasteiger partial charge < -0.3 is 10.4 Å². The molecule has 2 unspecified atom stereocenters. The maximum atomic E-state index is 10.9. The summed E-state index contributed by atoms with van der Waals surface area (Å²) in [5.41, 5.74) is 0. The van der Waals surface area contributed by atoms with E-state index in [0.29, 0.717) is 6.42 Å². The Morgan fingerprint density at radius 1 is 1.40 bits per heavy atom. The number of nitrogens with one attached hydrogen (secondary N) is 1. The fourth-order valence-electron chi connectivity index (χ4n) is 1.40. The van der Waals surface area contributed by atoms with E-state index in [9.17, 15) is 4.79 Å². The van der Waals surface area contributed by atoms with E-state index < -0.39 is 5.97 Å². The standard InChI is InChI=1S/C11H23NO2S/c1-4-6-10(11(13)14)12-9(3)7-8-15-5-2/h9-10,12H,4-8H2,1-3H3,(H,13,14). The van der Waals surface area contributed by atoms with E-state index in [1.165, 1.54) is 0 Å². The molecule has 0 aromatic heterocycles. The zero-order valence-corrected chi connectivity index (χ0v) is 10.8. The van der Waals surface area contributed by atoms with Gasteiger partial charge in [0.05, 0.1) is 0 Å². The van der Waals surface area contributed by atoms with Gasteiger partial charge >= 0.3 is 5.97 Å². The van der Waals surface area contributed by atoms with Crippen molar-refractivity contribution in [3.05, 3.63) is 0 Å². The summed E-state index contributed by atoms with van der Waals surface area (Å²) >= 11 is 1.90. The summed E-state index contributed by atoms with van der Waals surface area (Å²) in [5.74, 6) is 1.50. The molecule has 3 nitrogen and oxygen atoms in total. The van der Waals surface area contributed by atoms with Crippen LogP contribution in [0.1, 0.15) is 40.0 Å². The van der Waals surface area contributed by atoms with Crippen molar-refractivity contribution in [1.29, 1.82) is 0 Å². The number of rotatable bonds is 9. The second-order valence-electron chi connectivity index (χ2n) is 3.73. The number of carboxylic acids is 1. The molecule has 0 fully saturated rings. The zero-order valence-electron chi connectivity index (χ0n) is 9.95. The molecule has 0 aliphatic heterocycles. The Kier molecular flexibility index (Phi) is 8.91. The van der Waals surface area contributed by atoms with Gasteiger partial charge in [0.25, 0.3) is 0 Å². The van der Waals surface area contributed by atoms with E-state index in [1.807, 2.05) is 18.7 Å². The Morgan fingerprint density at radius 2 is 2.07 bits per heavy atom. The quantitative estimate of drug-likeness (QED) is 0.600. The minimum Gasteiger partial charge on any atom is -0.480 e. The third-order valence-electron chi connectivity index (χ3n) is 2.26. The molecule has 0 bridgehead atoms. The molecular weight excluding hydrogens is 210 g/mol. The lowest BCUT2D eigenvalue weighted by Gasteiger charge is -2.19. The molecule has 90 valence electrons. The number of carboxylic acid groups (broad SMARTS) is 1. The largest absolute Gasteiger partial charge is 0.480 e. The van der Waals surface area contributed by atoms with Crippen LogP contribution in [-0.4, -0.2) is 34.7 Å². The van der Waals surface area contributed by atoms with Gasteiger partial charge in [0.2, 0.25) is 0 Å². The van der Waals surface area contributed by atoms with Gasteiger partial charge in [0.1, 0.15) is 6.04 Å². The van der Waals surface area contributed by atoms with Crippen molar-refractivity contribution in [3.8, 4) is 0 Å². The van der Waals surface area contributed by atoms with Crippen molar-refractivity contribution < 1.29 is 9.90 Å². The predicted molar refractivity (Wildman–Crippen MR) is 66.5 cm³/mol. The molecule has 0 rings (SSSR count). The molecule has 0 aromatic rings. The van der Waals surface area contributed by atoms with Crippen molar-refractivity contribution in [3.63, 3.8) is 0 Å². The van der Waals surface area contributed by atoms with Crippen molar-refractivity contribution in [2.45, 2.75) is 52.1 Å². The minimum absolute atomic E-state index is 0.289. The Balaban J connectivity index is 3.78. The zero-order chi connectivity index (χ0) is 11.7. The van der Waals surface area contributed by atoms with Crippen LogP contribution in [0.2, 0.25) is 0 Å². The Bertz CT molecular complexity index is 176. The van der Waals surface area contributed by atoms with Gasteiger partial charge in [-0.15, -0.1) is 0 Å². The lowest BCUT2D eigenvalue weighted by Crippen LogP contribution is -2.42. The first-order chi connectivity index (χ1) is 7.11. The van der Waals surface area contributed by atoms with E-state index in [2.05, 4.69) is 19.2 Å². The lowest BCUT2D eigenvalue weighted by atomic mass is 10.1. The Morgan fingerprint density at radius 3 is 2.53 bits per heavy atom. The maximum Gasteiger partial charge on any atom is 0.320 e. The van der Waals surface area contributed by atoms with E-state index in [-0.39, 0.29) is 12.1 Å². The summed E-state index contributed by atoms with van der Waals surface area (Å²) in [5, 5.41) is 12.1. The van der Waals surface area contributed by atoms with Crippen molar-refractivity contribution in [2.75, 3.05) is 11.5 Å². The molecule has 0 heterocycles. The summed E-state index contributed by atoms with van der Waals surface area (Å²) in [4.78, 5) is 10.9. The van der Waals surface area contributed by atoms with Crippen LogP contribution < -0.4 is 5.32 Å². The fraction of sp³-hybridized carbons (Fsp3) is 0.909. The molecule has 2 atom stereocenters. The highest BCUT2D eigenvalue weighted by atomic mass is 32.2. The second kappa shape index (κ2) is 9.04. The first-order valence-corrected chi connectivity index (χ1v) is 6.83. The summed E-state index contributed by atoms with van der Waals surface area (Å²) < 4.78 is 0. The average Bonchev–Trinajstić information content (AvgIpc) is 2.17. The van der Waals surface area contributed by atoms with Gasteiger partial charge in [-0.2, -0.15) is 11.8 Å². The van der Waals surface area contributed by atoms with Crippen molar-refractivity contribution in [1.82, 2.24) is 5.32 Å². The monoisotopic (exact) mass is 233 g/mol. The van der Waals surface area contributed by atoms with Gasteiger partial charge in [-0.05, 0) is 31.3 Å². The van der Waals surface area contributed by atoms with Crippen LogP contribution in [0.15, 0.2) is 0 Å². The molecule has 0 aromatic carbocycles. The summed E-state index contributed by atoms with van der Waals surface area (Å²) in [7, 11) is 0. The minimum atomic E-state index is -0.730. The summed E-state index contributed by atoms with van der Waals surface area (Å²) in [6, 6.07) is -0.0895. The number of carbonyl (C=O) groups is 1. The highest BCUT2D eigenvalue weighted by molar-refractivity contribution is 7.99.